The second kappa shape index (κ2) is 4.90. The monoisotopic (exact) mass is 235 g/mol. The first-order chi connectivity index (χ1) is 8.18. The second-order valence-corrected chi connectivity index (χ2v) is 4.06. The van der Waals surface area contributed by atoms with Crippen LogP contribution in [0.2, 0.25) is 0 Å². The molecule has 1 N–H and O–H groups in total. The van der Waals surface area contributed by atoms with E-state index in [1.807, 2.05) is 0 Å². The minimum atomic E-state index is -0.841. The highest BCUT2D eigenvalue weighted by molar-refractivity contribution is 5.93. The number of aliphatic carboxylic acids is 1. The average Bonchev–Trinajstić information content (AvgIpc) is 2.39. The number of carboxylic acids is 1. The van der Waals surface area contributed by atoms with Crippen LogP contribution in [0.3, 0.4) is 0 Å². The smallest absolute Gasteiger partial charge is 0.308 e. The zero-order valence-electron chi connectivity index (χ0n) is 9.24. The summed E-state index contributed by atoms with van der Waals surface area (Å²) < 4.78 is 0. The number of aromatic nitrogens is 2. The first-order valence-corrected chi connectivity index (χ1v) is 5.45. The van der Waals surface area contributed by atoms with Crippen molar-refractivity contribution >= 4 is 11.9 Å². The number of hydrogen-bond donors (Lipinski definition) is 1. The number of amides is 1. The summed E-state index contributed by atoms with van der Waals surface area (Å²) in [5.74, 6) is -1.50. The van der Waals surface area contributed by atoms with E-state index in [2.05, 4.69) is 9.97 Å². The van der Waals surface area contributed by atoms with Gasteiger partial charge in [-0.3, -0.25) is 9.59 Å². The van der Waals surface area contributed by atoms with Crippen molar-refractivity contribution in [2.75, 3.05) is 13.1 Å². The van der Waals surface area contributed by atoms with E-state index < -0.39 is 11.9 Å². The highest BCUT2D eigenvalue weighted by Gasteiger charge is 2.28. The van der Waals surface area contributed by atoms with E-state index in [-0.39, 0.29) is 12.5 Å². The Morgan fingerprint density at radius 2 is 2.06 bits per heavy atom. The quantitative estimate of drug-likeness (QED) is 0.802. The van der Waals surface area contributed by atoms with Crippen molar-refractivity contribution in [3.05, 3.63) is 24.3 Å². The minimum Gasteiger partial charge on any atom is -0.481 e. The molecular formula is C11H13N3O3. The van der Waals surface area contributed by atoms with Gasteiger partial charge in [0.15, 0.2) is 0 Å². The summed E-state index contributed by atoms with van der Waals surface area (Å²) >= 11 is 0. The Kier molecular flexibility index (Phi) is 3.32. The summed E-state index contributed by atoms with van der Waals surface area (Å²) in [5, 5.41) is 8.95. The summed E-state index contributed by atoms with van der Waals surface area (Å²) in [6.45, 7) is 0.862. The van der Waals surface area contributed by atoms with Crippen LogP contribution in [0.5, 0.6) is 0 Å². The SMILES string of the molecule is O=C(O)C1CCCN(C(=O)c2cncnc2)C1. The average molecular weight is 235 g/mol. The highest BCUT2D eigenvalue weighted by Crippen LogP contribution is 2.18. The van der Waals surface area contributed by atoms with Gasteiger partial charge < -0.3 is 10.0 Å². The third kappa shape index (κ3) is 2.58. The van der Waals surface area contributed by atoms with Gasteiger partial charge in [-0.1, -0.05) is 0 Å². The van der Waals surface area contributed by atoms with E-state index >= 15 is 0 Å². The molecule has 1 aromatic heterocycles. The lowest BCUT2D eigenvalue weighted by atomic mass is 9.98. The molecule has 6 heteroatoms. The van der Waals surface area contributed by atoms with Gasteiger partial charge in [-0.2, -0.15) is 0 Å². The molecule has 90 valence electrons. The van der Waals surface area contributed by atoms with Crippen LogP contribution in [0.1, 0.15) is 23.2 Å². The van der Waals surface area contributed by atoms with Gasteiger partial charge in [0, 0.05) is 25.5 Å². The lowest BCUT2D eigenvalue weighted by Gasteiger charge is -2.30. The number of carbonyl (C=O) groups excluding carboxylic acids is 1. The van der Waals surface area contributed by atoms with Gasteiger partial charge in [0.25, 0.3) is 5.91 Å². The first kappa shape index (κ1) is 11.5. The van der Waals surface area contributed by atoms with Crippen molar-refractivity contribution in [3.8, 4) is 0 Å². The van der Waals surface area contributed by atoms with Gasteiger partial charge >= 0.3 is 5.97 Å². The maximum Gasteiger partial charge on any atom is 0.308 e. The molecule has 1 aliphatic rings. The Balaban J connectivity index is 2.07. The molecule has 1 unspecified atom stereocenters. The maximum absolute atomic E-state index is 12.0. The minimum absolute atomic E-state index is 0.198. The molecule has 6 nitrogen and oxygen atoms in total. The summed E-state index contributed by atoms with van der Waals surface area (Å²) in [5.41, 5.74) is 0.401. The van der Waals surface area contributed by atoms with E-state index in [0.29, 0.717) is 18.5 Å². The van der Waals surface area contributed by atoms with Crippen LogP contribution in [-0.2, 0) is 4.79 Å². The highest BCUT2D eigenvalue weighted by atomic mass is 16.4. The van der Waals surface area contributed by atoms with Crippen molar-refractivity contribution in [2.24, 2.45) is 5.92 Å². The summed E-state index contributed by atoms with van der Waals surface area (Å²) in [6, 6.07) is 0. The fourth-order valence-electron chi connectivity index (χ4n) is 1.96. The third-order valence-corrected chi connectivity index (χ3v) is 2.87. The van der Waals surface area contributed by atoms with Crippen molar-refractivity contribution in [1.29, 1.82) is 0 Å². The standard InChI is InChI=1S/C11H13N3O3/c15-10(9-4-12-7-13-5-9)14-3-1-2-8(6-14)11(16)17/h4-5,7-8H,1-3,6H2,(H,16,17). The van der Waals surface area contributed by atoms with Crippen LogP contribution in [0, 0.1) is 5.92 Å². The van der Waals surface area contributed by atoms with Gasteiger partial charge in [0.2, 0.25) is 0 Å². The molecule has 0 spiro atoms. The number of nitrogens with zero attached hydrogens (tertiary/aromatic N) is 3. The molecule has 1 amide bonds. The number of likely N-dealkylation sites (tertiary alicyclic amines) is 1. The van der Waals surface area contributed by atoms with Crippen molar-refractivity contribution in [3.63, 3.8) is 0 Å². The first-order valence-electron chi connectivity index (χ1n) is 5.45. The molecule has 0 aliphatic carbocycles. The Morgan fingerprint density at radius 3 is 2.71 bits per heavy atom. The van der Waals surface area contributed by atoms with Crippen LogP contribution in [0.15, 0.2) is 18.7 Å². The third-order valence-electron chi connectivity index (χ3n) is 2.87. The van der Waals surface area contributed by atoms with Gasteiger partial charge in [0.1, 0.15) is 6.33 Å². The van der Waals surface area contributed by atoms with E-state index in [1.165, 1.54) is 18.7 Å². The number of rotatable bonds is 2. The van der Waals surface area contributed by atoms with Crippen molar-refractivity contribution in [2.45, 2.75) is 12.8 Å². The predicted molar refractivity (Wildman–Crippen MR) is 58.3 cm³/mol. The molecule has 0 bridgehead atoms. The normalized spacial score (nSPS) is 20.0. The Labute approximate surface area is 98.3 Å². The van der Waals surface area contributed by atoms with Crippen molar-refractivity contribution in [1.82, 2.24) is 14.9 Å². The molecule has 1 aliphatic heterocycles. The molecule has 1 saturated heterocycles. The molecule has 0 radical (unpaired) electrons. The maximum atomic E-state index is 12.0. The summed E-state index contributed by atoms with van der Waals surface area (Å²) in [4.78, 5) is 32.0. The number of hydrogen-bond acceptors (Lipinski definition) is 4. The van der Waals surface area contributed by atoms with Crippen LogP contribution < -0.4 is 0 Å². The second-order valence-electron chi connectivity index (χ2n) is 4.06. The van der Waals surface area contributed by atoms with E-state index in [1.54, 1.807) is 4.90 Å². The molecule has 1 atom stereocenters. The van der Waals surface area contributed by atoms with Crippen LogP contribution in [0.25, 0.3) is 0 Å². The summed E-state index contributed by atoms with van der Waals surface area (Å²) in [6.07, 6.45) is 5.59. The molecule has 2 rings (SSSR count). The Hall–Kier alpha value is -1.98. The van der Waals surface area contributed by atoms with Gasteiger partial charge in [-0.25, -0.2) is 9.97 Å². The van der Waals surface area contributed by atoms with E-state index in [0.717, 1.165) is 6.42 Å². The van der Waals surface area contributed by atoms with Crippen molar-refractivity contribution < 1.29 is 14.7 Å². The molecule has 0 aromatic carbocycles. The molecule has 17 heavy (non-hydrogen) atoms. The predicted octanol–water partition coefficient (Wildman–Crippen LogP) is 0.413. The molecule has 1 aromatic rings. The van der Waals surface area contributed by atoms with Crippen LogP contribution in [0.4, 0.5) is 0 Å². The van der Waals surface area contributed by atoms with Crippen LogP contribution in [-0.4, -0.2) is 44.9 Å². The van der Waals surface area contributed by atoms with E-state index in [9.17, 15) is 9.59 Å². The molecule has 0 saturated carbocycles. The fraction of sp³-hybridized carbons (Fsp3) is 0.455. The van der Waals surface area contributed by atoms with Gasteiger partial charge in [-0.15, -0.1) is 0 Å². The number of carboxylic acid groups (broad SMARTS) is 1. The molecule has 2 heterocycles. The molecule has 1 fully saturated rings. The fourth-order valence-corrected chi connectivity index (χ4v) is 1.96. The molecular weight excluding hydrogens is 222 g/mol. The summed E-state index contributed by atoms with van der Waals surface area (Å²) in [7, 11) is 0. The van der Waals surface area contributed by atoms with E-state index in [4.69, 9.17) is 5.11 Å². The van der Waals surface area contributed by atoms with Gasteiger partial charge in [0.05, 0.1) is 11.5 Å². The zero-order chi connectivity index (χ0) is 12.3. The Bertz CT molecular complexity index is 421. The number of carbonyl (C=O) groups is 2. The largest absolute Gasteiger partial charge is 0.481 e. The zero-order valence-corrected chi connectivity index (χ0v) is 9.24. The van der Waals surface area contributed by atoms with Crippen LogP contribution >= 0.6 is 0 Å². The topological polar surface area (TPSA) is 83.4 Å². The lowest BCUT2D eigenvalue weighted by Crippen LogP contribution is -2.42. The Morgan fingerprint density at radius 1 is 1.35 bits per heavy atom. The van der Waals surface area contributed by atoms with Gasteiger partial charge in [-0.05, 0) is 12.8 Å². The number of piperidine rings is 1. The lowest BCUT2D eigenvalue weighted by molar-refractivity contribution is -0.143.